The monoisotopic (exact) mass is 301 g/mol. The van der Waals surface area contributed by atoms with Crippen LogP contribution in [0.25, 0.3) is 0 Å². The molecule has 7 heteroatoms. The van der Waals surface area contributed by atoms with E-state index in [1.54, 1.807) is 0 Å². The number of carbonyl (C=O) groups excluding carboxylic acids is 1. The Morgan fingerprint density at radius 3 is 2.59 bits per heavy atom. The number of non-ortho nitro benzene ring substituents is 1. The molecule has 0 aromatic heterocycles. The van der Waals surface area contributed by atoms with Gasteiger partial charge in [0.15, 0.2) is 0 Å². The number of methoxy groups -OCH3 is 1. The first-order valence-electron chi connectivity index (χ1n) is 6.51. The van der Waals surface area contributed by atoms with Crippen LogP contribution in [-0.4, -0.2) is 18.1 Å². The maximum absolute atomic E-state index is 11.9. The zero-order valence-electron chi connectivity index (χ0n) is 11.9. The van der Waals surface area contributed by atoms with Gasteiger partial charge in [-0.05, 0) is 11.6 Å². The third kappa shape index (κ3) is 3.95. The molecule has 2 aromatic carbocycles. The van der Waals surface area contributed by atoms with E-state index in [2.05, 4.69) is 10.6 Å². The molecule has 114 valence electrons. The molecule has 0 aliphatic carbocycles. The van der Waals surface area contributed by atoms with Gasteiger partial charge in [0.05, 0.1) is 23.8 Å². The SMILES string of the molecule is COc1cc([N+](=O)[O-])ccc1NC(=O)NCc1ccccc1. The maximum atomic E-state index is 11.9. The van der Waals surface area contributed by atoms with E-state index in [9.17, 15) is 14.9 Å². The predicted molar refractivity (Wildman–Crippen MR) is 81.9 cm³/mol. The molecule has 0 unspecified atom stereocenters. The Morgan fingerprint density at radius 1 is 1.23 bits per heavy atom. The Labute approximate surface area is 127 Å². The first kappa shape index (κ1) is 15.3. The molecule has 0 aliphatic rings. The number of nitro benzene ring substituents is 1. The van der Waals surface area contributed by atoms with E-state index < -0.39 is 11.0 Å². The summed E-state index contributed by atoms with van der Waals surface area (Å²) >= 11 is 0. The number of ether oxygens (including phenoxy) is 1. The fourth-order valence-electron chi connectivity index (χ4n) is 1.84. The molecule has 0 aliphatic heterocycles. The molecule has 0 bridgehead atoms. The van der Waals surface area contributed by atoms with E-state index in [0.29, 0.717) is 12.2 Å². The van der Waals surface area contributed by atoms with E-state index >= 15 is 0 Å². The minimum atomic E-state index is -0.526. The van der Waals surface area contributed by atoms with Crippen LogP contribution in [0.2, 0.25) is 0 Å². The Morgan fingerprint density at radius 2 is 1.95 bits per heavy atom. The van der Waals surface area contributed by atoms with E-state index in [1.165, 1.54) is 25.3 Å². The Kier molecular flexibility index (Phi) is 4.92. The highest BCUT2D eigenvalue weighted by Gasteiger charge is 2.13. The van der Waals surface area contributed by atoms with Crippen molar-refractivity contribution < 1.29 is 14.5 Å². The second kappa shape index (κ2) is 7.07. The van der Waals surface area contributed by atoms with Crippen molar-refractivity contribution in [3.63, 3.8) is 0 Å². The van der Waals surface area contributed by atoms with Gasteiger partial charge < -0.3 is 15.4 Å². The lowest BCUT2D eigenvalue weighted by molar-refractivity contribution is -0.384. The van der Waals surface area contributed by atoms with Crippen LogP contribution in [0.4, 0.5) is 16.2 Å². The molecule has 22 heavy (non-hydrogen) atoms. The number of nitrogens with zero attached hydrogens (tertiary/aromatic N) is 1. The summed E-state index contributed by atoms with van der Waals surface area (Å²) < 4.78 is 5.05. The van der Waals surface area contributed by atoms with Crippen molar-refractivity contribution in [1.29, 1.82) is 0 Å². The Balaban J connectivity index is 2.00. The van der Waals surface area contributed by atoms with E-state index in [4.69, 9.17) is 4.74 Å². The summed E-state index contributed by atoms with van der Waals surface area (Å²) in [5.41, 5.74) is 1.22. The maximum Gasteiger partial charge on any atom is 0.319 e. The fraction of sp³-hybridized carbons (Fsp3) is 0.133. The fourth-order valence-corrected chi connectivity index (χ4v) is 1.84. The topological polar surface area (TPSA) is 93.5 Å². The van der Waals surface area contributed by atoms with Crippen LogP contribution in [0.3, 0.4) is 0 Å². The molecule has 0 radical (unpaired) electrons. The summed E-state index contributed by atoms with van der Waals surface area (Å²) in [7, 11) is 1.38. The summed E-state index contributed by atoms with van der Waals surface area (Å²) in [5.74, 6) is 0.226. The number of anilines is 1. The van der Waals surface area contributed by atoms with Gasteiger partial charge in [0.2, 0.25) is 0 Å². The molecule has 2 amide bonds. The molecule has 2 aromatic rings. The second-order valence-electron chi connectivity index (χ2n) is 4.43. The van der Waals surface area contributed by atoms with Crippen molar-refractivity contribution in [2.24, 2.45) is 0 Å². The van der Waals surface area contributed by atoms with Crippen LogP contribution in [0, 0.1) is 10.1 Å². The number of nitrogens with one attached hydrogen (secondary N) is 2. The summed E-state index contributed by atoms with van der Waals surface area (Å²) in [6.07, 6.45) is 0. The number of hydrogen-bond donors (Lipinski definition) is 2. The van der Waals surface area contributed by atoms with Crippen molar-refractivity contribution in [3.05, 3.63) is 64.2 Å². The quantitative estimate of drug-likeness (QED) is 0.656. The average Bonchev–Trinajstić information content (AvgIpc) is 2.54. The van der Waals surface area contributed by atoms with Crippen LogP contribution < -0.4 is 15.4 Å². The van der Waals surface area contributed by atoms with Crippen LogP contribution in [-0.2, 0) is 6.54 Å². The zero-order valence-corrected chi connectivity index (χ0v) is 11.9. The zero-order chi connectivity index (χ0) is 15.9. The number of carbonyl (C=O) groups is 1. The highest BCUT2D eigenvalue weighted by atomic mass is 16.6. The normalized spacial score (nSPS) is 9.86. The molecule has 0 atom stereocenters. The van der Waals surface area contributed by atoms with Gasteiger partial charge in [0.25, 0.3) is 5.69 Å². The number of amides is 2. The molecule has 0 spiro atoms. The summed E-state index contributed by atoms with van der Waals surface area (Å²) in [5, 5.41) is 16.0. The van der Waals surface area contributed by atoms with Gasteiger partial charge in [-0.25, -0.2) is 4.79 Å². The van der Waals surface area contributed by atoms with Gasteiger partial charge in [-0.2, -0.15) is 0 Å². The largest absolute Gasteiger partial charge is 0.494 e. The van der Waals surface area contributed by atoms with E-state index in [0.717, 1.165) is 5.56 Å². The van der Waals surface area contributed by atoms with Crippen molar-refractivity contribution in [2.75, 3.05) is 12.4 Å². The minimum Gasteiger partial charge on any atom is -0.494 e. The second-order valence-corrected chi connectivity index (χ2v) is 4.43. The molecule has 0 fully saturated rings. The van der Waals surface area contributed by atoms with Gasteiger partial charge in [-0.1, -0.05) is 30.3 Å². The molecule has 2 rings (SSSR count). The number of rotatable bonds is 5. The standard InChI is InChI=1S/C15H15N3O4/c1-22-14-9-12(18(20)21)7-8-13(14)17-15(19)16-10-11-5-3-2-4-6-11/h2-9H,10H2,1H3,(H2,16,17,19). The molecule has 2 N–H and O–H groups in total. The Bertz CT molecular complexity index is 674. The van der Waals surface area contributed by atoms with Crippen molar-refractivity contribution >= 4 is 17.4 Å². The Hall–Kier alpha value is -3.09. The number of hydrogen-bond acceptors (Lipinski definition) is 4. The van der Waals surface area contributed by atoms with Gasteiger partial charge in [0, 0.05) is 12.6 Å². The molecule has 0 saturated carbocycles. The van der Waals surface area contributed by atoms with E-state index in [1.807, 2.05) is 30.3 Å². The van der Waals surface area contributed by atoms with Crippen LogP contribution >= 0.6 is 0 Å². The summed E-state index contributed by atoms with van der Waals surface area (Å²) in [6.45, 7) is 0.377. The smallest absolute Gasteiger partial charge is 0.319 e. The first-order valence-corrected chi connectivity index (χ1v) is 6.51. The molecule has 7 nitrogen and oxygen atoms in total. The van der Waals surface area contributed by atoms with Crippen molar-refractivity contribution in [1.82, 2.24) is 5.32 Å². The molecule has 0 heterocycles. The first-order chi connectivity index (χ1) is 10.6. The average molecular weight is 301 g/mol. The van der Waals surface area contributed by atoms with E-state index in [-0.39, 0.29) is 11.4 Å². The third-order valence-corrected chi connectivity index (χ3v) is 2.94. The molecular formula is C15H15N3O4. The molecule has 0 saturated heterocycles. The van der Waals surface area contributed by atoms with Crippen LogP contribution in [0.5, 0.6) is 5.75 Å². The van der Waals surface area contributed by atoms with Gasteiger partial charge in [-0.15, -0.1) is 0 Å². The summed E-state index contributed by atoms with van der Waals surface area (Å²) in [4.78, 5) is 22.0. The highest BCUT2D eigenvalue weighted by molar-refractivity contribution is 5.91. The number of benzene rings is 2. The minimum absolute atomic E-state index is 0.105. The van der Waals surface area contributed by atoms with Gasteiger partial charge >= 0.3 is 6.03 Å². The van der Waals surface area contributed by atoms with Crippen LogP contribution in [0.15, 0.2) is 48.5 Å². The lowest BCUT2D eigenvalue weighted by Crippen LogP contribution is -2.28. The predicted octanol–water partition coefficient (Wildman–Crippen LogP) is 2.93. The third-order valence-electron chi connectivity index (χ3n) is 2.94. The van der Waals surface area contributed by atoms with Crippen molar-refractivity contribution in [2.45, 2.75) is 6.54 Å². The lowest BCUT2D eigenvalue weighted by Gasteiger charge is -2.11. The molecular weight excluding hydrogens is 286 g/mol. The summed E-state index contributed by atoms with van der Waals surface area (Å²) in [6, 6.07) is 13.0. The number of urea groups is 1. The van der Waals surface area contributed by atoms with Crippen LogP contribution in [0.1, 0.15) is 5.56 Å². The van der Waals surface area contributed by atoms with Crippen molar-refractivity contribution in [3.8, 4) is 5.75 Å². The van der Waals surface area contributed by atoms with Gasteiger partial charge in [0.1, 0.15) is 5.75 Å². The van der Waals surface area contributed by atoms with Gasteiger partial charge in [-0.3, -0.25) is 10.1 Å². The number of nitro groups is 1. The highest BCUT2D eigenvalue weighted by Crippen LogP contribution is 2.28. The lowest BCUT2D eigenvalue weighted by atomic mass is 10.2.